The largest absolute Gasteiger partial charge is 0.328 e. The van der Waals surface area contributed by atoms with Crippen molar-refractivity contribution in [3.8, 4) is 16.9 Å². The summed E-state index contributed by atoms with van der Waals surface area (Å²) in [6, 6.07) is 3.55. The molecule has 0 N–H and O–H groups in total. The summed E-state index contributed by atoms with van der Waals surface area (Å²) in [5, 5.41) is 5.66. The highest BCUT2D eigenvalue weighted by atomic mass is 16.2. The molecule has 1 fully saturated rings. The summed E-state index contributed by atoms with van der Waals surface area (Å²) in [7, 11) is 0. The number of benzene rings is 1. The Morgan fingerprint density at radius 2 is 1.41 bits per heavy atom. The van der Waals surface area contributed by atoms with Crippen molar-refractivity contribution >= 4 is 16.9 Å². The van der Waals surface area contributed by atoms with E-state index in [0.717, 1.165) is 65.5 Å². The fourth-order valence-corrected chi connectivity index (χ4v) is 5.16. The minimum absolute atomic E-state index is 0.0571. The van der Waals surface area contributed by atoms with Crippen LogP contribution in [0.4, 0.5) is 4.79 Å². The second-order valence-electron chi connectivity index (χ2n) is 9.13. The number of aryl methyl sites for hydroxylation is 2. The number of pyridine rings is 2. The highest BCUT2D eigenvalue weighted by Crippen LogP contribution is 2.38. The predicted octanol–water partition coefficient (Wildman–Crippen LogP) is 7.76. The van der Waals surface area contributed by atoms with E-state index in [4.69, 9.17) is 5.10 Å². The molecule has 0 bridgehead atoms. The van der Waals surface area contributed by atoms with Crippen LogP contribution in [0.2, 0.25) is 0 Å². The third-order valence-corrected chi connectivity index (χ3v) is 7.36. The van der Waals surface area contributed by atoms with Crippen LogP contribution in [0.3, 0.4) is 0 Å². The van der Waals surface area contributed by atoms with Crippen LogP contribution >= 0.6 is 0 Å². The smallest absolute Gasteiger partial charge is 0.324 e. The first kappa shape index (κ1) is 31.7. The number of aromatic nitrogens is 4. The van der Waals surface area contributed by atoms with Gasteiger partial charge in [0.15, 0.2) is 0 Å². The van der Waals surface area contributed by atoms with Crippen LogP contribution in [-0.4, -0.2) is 43.4 Å². The summed E-state index contributed by atoms with van der Waals surface area (Å²) < 4.78 is 3.18. The summed E-state index contributed by atoms with van der Waals surface area (Å²) in [5.41, 5.74) is 7.42. The fraction of sp³-hybridized carbons (Fsp3) is 0.500. The van der Waals surface area contributed by atoms with Gasteiger partial charge in [0.05, 0.1) is 23.0 Å². The van der Waals surface area contributed by atoms with Crippen LogP contribution in [0.5, 0.6) is 0 Å². The molecule has 3 aliphatic heterocycles. The Labute approximate surface area is 234 Å². The number of hydrogen-bond donors (Lipinski definition) is 0. The summed E-state index contributed by atoms with van der Waals surface area (Å²) in [6.45, 7) is 23.7. The molecule has 1 aromatic heterocycles. The van der Waals surface area contributed by atoms with E-state index in [9.17, 15) is 9.59 Å². The van der Waals surface area contributed by atoms with Gasteiger partial charge in [-0.1, -0.05) is 41.5 Å². The lowest BCUT2D eigenvalue weighted by Gasteiger charge is -2.30. The number of amides is 1. The third kappa shape index (κ3) is 5.63. The van der Waals surface area contributed by atoms with Crippen LogP contribution in [0.15, 0.2) is 29.3 Å². The second-order valence-corrected chi connectivity index (χ2v) is 9.13. The van der Waals surface area contributed by atoms with Gasteiger partial charge in [0.25, 0.3) is 5.56 Å². The van der Waals surface area contributed by atoms with E-state index >= 15 is 0 Å². The van der Waals surface area contributed by atoms with Crippen molar-refractivity contribution in [3.63, 3.8) is 0 Å². The quantitative estimate of drug-likeness (QED) is 0.251. The van der Waals surface area contributed by atoms with E-state index in [-0.39, 0.29) is 11.6 Å². The van der Waals surface area contributed by atoms with Crippen LogP contribution < -0.4 is 5.56 Å². The number of carbonyl (C=O) groups excluding carboxylic acids is 1. The molecule has 1 aromatic carbocycles. The zero-order valence-corrected chi connectivity index (χ0v) is 25.9. The minimum Gasteiger partial charge on any atom is -0.324 e. The first-order valence-corrected chi connectivity index (χ1v) is 14.6. The van der Waals surface area contributed by atoms with Crippen LogP contribution in [-0.2, 0) is 0 Å². The molecular weight excluding hydrogens is 486 g/mol. The number of likely N-dealkylation sites (tertiary alicyclic amines) is 1. The molecule has 1 amide bonds. The molecule has 0 atom stereocenters. The first-order chi connectivity index (χ1) is 18.8. The molecule has 0 radical (unpaired) electrons. The molecule has 2 aromatic rings. The van der Waals surface area contributed by atoms with Gasteiger partial charge >= 0.3 is 6.03 Å². The maximum Gasteiger partial charge on any atom is 0.328 e. The van der Waals surface area contributed by atoms with Gasteiger partial charge in [-0.25, -0.2) is 4.79 Å². The lowest BCUT2D eigenvalue weighted by Crippen LogP contribution is -2.40. The zero-order chi connectivity index (χ0) is 29.4. The van der Waals surface area contributed by atoms with Crippen LogP contribution in [0.25, 0.3) is 27.8 Å². The SMILES string of the molecule is CC.CC.CC.Cc1c(C)c(C)c2c(c3nn(-c4cccnc4)c(=O)c-3c(C)n2C(=O)N2CCCCC2)c1C. The van der Waals surface area contributed by atoms with E-state index in [0.29, 0.717) is 22.6 Å². The zero-order valence-electron chi connectivity index (χ0n) is 25.9. The molecular formula is C32H47N5O2. The average molecular weight is 534 g/mol. The third-order valence-electron chi connectivity index (χ3n) is 7.36. The highest BCUT2D eigenvalue weighted by Gasteiger charge is 2.31. The van der Waals surface area contributed by atoms with Crippen molar-refractivity contribution in [2.75, 3.05) is 13.1 Å². The molecule has 7 nitrogen and oxygen atoms in total. The van der Waals surface area contributed by atoms with Gasteiger partial charge < -0.3 is 4.90 Å². The molecule has 0 aliphatic carbocycles. The first-order valence-electron chi connectivity index (χ1n) is 14.6. The van der Waals surface area contributed by atoms with E-state index in [1.165, 1.54) is 4.68 Å². The molecule has 0 saturated carbocycles. The Kier molecular flexibility index (Phi) is 11.4. The van der Waals surface area contributed by atoms with Gasteiger partial charge in [0, 0.05) is 30.4 Å². The van der Waals surface area contributed by atoms with Crippen molar-refractivity contribution < 1.29 is 4.79 Å². The summed E-state index contributed by atoms with van der Waals surface area (Å²) in [5.74, 6) is 0. The van der Waals surface area contributed by atoms with Crippen LogP contribution in [0, 0.1) is 34.6 Å². The van der Waals surface area contributed by atoms with Crippen LogP contribution in [0.1, 0.15) is 88.8 Å². The number of nitrogens with zero attached hydrogens (tertiary/aromatic N) is 5. The predicted molar refractivity (Wildman–Crippen MR) is 164 cm³/mol. The topological polar surface area (TPSA) is 73.0 Å². The van der Waals surface area contributed by atoms with Gasteiger partial charge in [0.1, 0.15) is 5.69 Å². The fourth-order valence-electron chi connectivity index (χ4n) is 5.16. The normalized spacial score (nSPS) is 12.6. The molecule has 7 heteroatoms. The summed E-state index contributed by atoms with van der Waals surface area (Å²) in [4.78, 5) is 33.6. The molecule has 4 heterocycles. The summed E-state index contributed by atoms with van der Waals surface area (Å²) >= 11 is 0. The number of hydrogen-bond acceptors (Lipinski definition) is 4. The average Bonchev–Trinajstić information content (AvgIpc) is 3.35. The van der Waals surface area contributed by atoms with E-state index in [1.807, 2.05) is 59.4 Å². The Morgan fingerprint density at radius 3 is 1.97 bits per heavy atom. The Bertz CT molecular complexity index is 1430. The molecule has 3 aliphatic rings. The monoisotopic (exact) mass is 533 g/mol. The van der Waals surface area contributed by atoms with Crippen molar-refractivity contribution in [1.82, 2.24) is 24.2 Å². The van der Waals surface area contributed by atoms with Gasteiger partial charge in [-0.2, -0.15) is 9.78 Å². The van der Waals surface area contributed by atoms with Gasteiger partial charge in [-0.15, -0.1) is 0 Å². The van der Waals surface area contributed by atoms with E-state index in [1.54, 1.807) is 23.0 Å². The molecule has 0 unspecified atom stereocenters. The van der Waals surface area contributed by atoms with Gasteiger partial charge in [-0.05, 0) is 88.3 Å². The molecule has 1 saturated heterocycles. The lowest BCUT2D eigenvalue weighted by molar-refractivity contribution is 0.188. The molecule has 39 heavy (non-hydrogen) atoms. The number of rotatable bonds is 1. The van der Waals surface area contributed by atoms with Gasteiger partial charge in [0.2, 0.25) is 0 Å². The number of carbonyl (C=O) groups is 1. The highest BCUT2D eigenvalue weighted by molar-refractivity contribution is 6.04. The molecule has 212 valence electrons. The van der Waals surface area contributed by atoms with E-state index < -0.39 is 0 Å². The number of piperidine rings is 1. The van der Waals surface area contributed by atoms with Crippen molar-refractivity contribution in [1.29, 1.82) is 0 Å². The van der Waals surface area contributed by atoms with Crippen molar-refractivity contribution in [3.05, 3.63) is 62.8 Å². The van der Waals surface area contributed by atoms with Gasteiger partial charge in [-0.3, -0.25) is 14.3 Å². The van der Waals surface area contributed by atoms with Crippen molar-refractivity contribution in [2.45, 2.75) is 95.4 Å². The Hall–Kier alpha value is -3.48. The molecule has 0 spiro atoms. The Morgan fingerprint density at radius 1 is 0.821 bits per heavy atom. The minimum atomic E-state index is -0.229. The maximum absolute atomic E-state index is 13.9. The standard InChI is InChI=1S/C26H29N5O2.3C2H6/c1-15-16(2)18(4)24-21(17(15)3)23-22(25(32)31(28-23)20-10-9-11-27-14-20)19(5)30(24)26(33)29-12-7-6-8-13-29;3*1-2/h9-11,14H,6-8,12-13H2,1-5H3;3*1-2H3. The maximum atomic E-state index is 13.9. The summed E-state index contributed by atoms with van der Waals surface area (Å²) in [6.07, 6.45) is 6.46. The van der Waals surface area contributed by atoms with Crippen molar-refractivity contribution in [2.24, 2.45) is 0 Å². The lowest BCUT2D eigenvalue weighted by atomic mass is 9.91. The van der Waals surface area contributed by atoms with E-state index in [2.05, 4.69) is 32.7 Å². The molecule has 5 rings (SSSR count). The second kappa shape index (κ2) is 14.1. The number of fused-ring (bicyclic) bond motifs is 3. The Balaban J connectivity index is 0.000000833.